The van der Waals surface area contributed by atoms with E-state index in [0.29, 0.717) is 18.4 Å². The van der Waals surface area contributed by atoms with Crippen LogP contribution in [0.1, 0.15) is 57.3 Å². The molecule has 2 atom stereocenters. The zero-order valence-electron chi connectivity index (χ0n) is 19.7. The molecule has 2 saturated heterocycles. The third kappa shape index (κ3) is 5.17. The van der Waals surface area contributed by atoms with Crippen LogP contribution in [0, 0.1) is 5.92 Å². The summed E-state index contributed by atoms with van der Waals surface area (Å²) in [5.74, 6) is 2.57. The summed E-state index contributed by atoms with van der Waals surface area (Å²) in [5, 5.41) is 9.24. The molecule has 2 aliphatic heterocycles. The number of rotatable bonds is 9. The van der Waals surface area contributed by atoms with Crippen molar-refractivity contribution in [2.75, 3.05) is 36.0 Å². The summed E-state index contributed by atoms with van der Waals surface area (Å²) in [6.45, 7) is 11.4. The second-order valence-electron chi connectivity index (χ2n) is 9.62. The third-order valence-corrected chi connectivity index (χ3v) is 8.76. The zero-order chi connectivity index (χ0) is 22.7. The number of anilines is 1. The van der Waals surface area contributed by atoms with E-state index in [-0.39, 0.29) is 17.4 Å². The highest BCUT2D eigenvalue weighted by molar-refractivity contribution is 7.91. The summed E-state index contributed by atoms with van der Waals surface area (Å²) in [5.41, 5.74) is 1.23. The first kappa shape index (κ1) is 23.2. The maximum Gasteiger partial charge on any atom is 0.227 e. The molecule has 3 heterocycles. The SMILES string of the molecule is CCN(Cc1ccccc1)c1nnc(C2CCS(=O)(=O)C2)n1CC(C(C)C)N1CCCC1. The second kappa shape index (κ2) is 9.91. The van der Waals surface area contributed by atoms with E-state index < -0.39 is 9.84 Å². The Bertz CT molecular complexity index is 983. The van der Waals surface area contributed by atoms with Crippen LogP contribution in [0.25, 0.3) is 0 Å². The third-order valence-electron chi connectivity index (χ3n) is 6.99. The number of aromatic nitrogens is 3. The molecule has 0 radical (unpaired) electrons. The molecule has 4 rings (SSSR count). The van der Waals surface area contributed by atoms with Gasteiger partial charge < -0.3 is 4.90 Å². The number of likely N-dealkylation sites (tertiary alicyclic amines) is 1. The van der Waals surface area contributed by atoms with E-state index in [9.17, 15) is 8.42 Å². The summed E-state index contributed by atoms with van der Waals surface area (Å²) in [6.07, 6.45) is 3.14. The van der Waals surface area contributed by atoms with Gasteiger partial charge in [0, 0.05) is 31.6 Å². The second-order valence-corrected chi connectivity index (χ2v) is 11.9. The molecule has 0 amide bonds. The van der Waals surface area contributed by atoms with E-state index in [1.54, 1.807) is 0 Å². The van der Waals surface area contributed by atoms with Gasteiger partial charge in [-0.15, -0.1) is 10.2 Å². The number of hydrogen-bond donors (Lipinski definition) is 0. The van der Waals surface area contributed by atoms with E-state index in [4.69, 9.17) is 0 Å². The highest BCUT2D eigenvalue weighted by Crippen LogP contribution is 2.32. The van der Waals surface area contributed by atoms with E-state index in [1.165, 1.54) is 18.4 Å². The van der Waals surface area contributed by atoms with Crippen LogP contribution in [0.4, 0.5) is 5.95 Å². The molecule has 0 aliphatic carbocycles. The Morgan fingerprint density at radius 3 is 2.44 bits per heavy atom. The first-order chi connectivity index (χ1) is 15.4. The standard InChI is InChI=1S/C24H37N5O2S/c1-4-27(16-20-10-6-5-7-11-20)24-26-25-23(21-12-15-32(30,31)18-21)29(24)17-22(19(2)3)28-13-8-9-14-28/h5-7,10-11,19,21-22H,4,8-9,12-18H2,1-3H3. The number of nitrogens with zero attached hydrogens (tertiary/aromatic N) is 5. The van der Waals surface area contributed by atoms with Crippen molar-refractivity contribution in [3.05, 3.63) is 41.7 Å². The van der Waals surface area contributed by atoms with Crippen LogP contribution >= 0.6 is 0 Å². The molecule has 8 heteroatoms. The quantitative estimate of drug-likeness (QED) is 0.573. The van der Waals surface area contributed by atoms with Gasteiger partial charge in [-0.05, 0) is 50.8 Å². The van der Waals surface area contributed by atoms with Gasteiger partial charge in [-0.2, -0.15) is 0 Å². The molecule has 0 saturated carbocycles. The Hall–Kier alpha value is -1.93. The Morgan fingerprint density at radius 2 is 1.84 bits per heavy atom. The minimum Gasteiger partial charge on any atom is -0.337 e. The van der Waals surface area contributed by atoms with Crippen LogP contribution in [-0.4, -0.2) is 65.3 Å². The fourth-order valence-electron chi connectivity index (χ4n) is 5.15. The fraction of sp³-hybridized carbons (Fsp3) is 0.667. The average Bonchev–Trinajstić information content (AvgIpc) is 3.50. The summed E-state index contributed by atoms with van der Waals surface area (Å²) in [6, 6.07) is 10.8. The van der Waals surface area contributed by atoms with Crippen molar-refractivity contribution in [3.8, 4) is 0 Å². The lowest BCUT2D eigenvalue weighted by atomic mass is 10.0. The molecule has 0 bridgehead atoms. The topological polar surface area (TPSA) is 71.3 Å². The highest BCUT2D eigenvalue weighted by atomic mass is 32.2. The molecule has 0 spiro atoms. The molecule has 0 N–H and O–H groups in total. The Morgan fingerprint density at radius 1 is 1.12 bits per heavy atom. The lowest BCUT2D eigenvalue weighted by Crippen LogP contribution is -2.41. The molecule has 1 aromatic heterocycles. The van der Waals surface area contributed by atoms with Crippen LogP contribution in [0.2, 0.25) is 0 Å². The van der Waals surface area contributed by atoms with Gasteiger partial charge in [-0.3, -0.25) is 9.47 Å². The molecule has 2 aromatic rings. The van der Waals surface area contributed by atoms with E-state index >= 15 is 0 Å². The number of sulfone groups is 1. The predicted molar refractivity (Wildman–Crippen MR) is 129 cm³/mol. The fourth-order valence-corrected chi connectivity index (χ4v) is 6.89. The molecule has 7 nitrogen and oxygen atoms in total. The van der Waals surface area contributed by atoms with Gasteiger partial charge in [0.2, 0.25) is 5.95 Å². The molecular formula is C24H37N5O2S. The van der Waals surface area contributed by atoms with E-state index in [2.05, 4.69) is 69.6 Å². The Kier molecular flexibility index (Phi) is 7.20. The predicted octanol–water partition coefficient (Wildman–Crippen LogP) is 3.33. The van der Waals surface area contributed by atoms with Gasteiger partial charge in [0.05, 0.1) is 11.5 Å². The Labute approximate surface area is 192 Å². The maximum atomic E-state index is 12.2. The van der Waals surface area contributed by atoms with Crippen LogP contribution < -0.4 is 4.90 Å². The first-order valence-corrected chi connectivity index (χ1v) is 13.9. The lowest BCUT2D eigenvalue weighted by Gasteiger charge is -2.33. The zero-order valence-corrected chi connectivity index (χ0v) is 20.5. The smallest absolute Gasteiger partial charge is 0.227 e. The first-order valence-electron chi connectivity index (χ1n) is 12.0. The van der Waals surface area contributed by atoms with Crippen LogP contribution in [0.5, 0.6) is 0 Å². The van der Waals surface area contributed by atoms with Crippen molar-refractivity contribution in [1.29, 1.82) is 0 Å². The minimum atomic E-state index is -2.99. The van der Waals surface area contributed by atoms with Crippen molar-refractivity contribution < 1.29 is 8.42 Å². The monoisotopic (exact) mass is 459 g/mol. The van der Waals surface area contributed by atoms with Gasteiger partial charge in [-0.1, -0.05) is 44.2 Å². The number of benzene rings is 1. The normalized spacial score (nSPS) is 21.9. The van der Waals surface area contributed by atoms with Crippen LogP contribution in [0.15, 0.2) is 30.3 Å². The van der Waals surface area contributed by atoms with E-state index in [1.807, 2.05) is 6.07 Å². The van der Waals surface area contributed by atoms with Gasteiger partial charge in [0.1, 0.15) is 5.82 Å². The van der Waals surface area contributed by atoms with Gasteiger partial charge in [0.15, 0.2) is 9.84 Å². The average molecular weight is 460 g/mol. The van der Waals surface area contributed by atoms with Crippen LogP contribution in [-0.2, 0) is 22.9 Å². The molecule has 176 valence electrons. The summed E-state index contributed by atoms with van der Waals surface area (Å²) >= 11 is 0. The number of hydrogen-bond acceptors (Lipinski definition) is 6. The minimum absolute atomic E-state index is 0.0666. The van der Waals surface area contributed by atoms with Crippen molar-refractivity contribution >= 4 is 15.8 Å². The van der Waals surface area contributed by atoms with E-state index in [0.717, 1.165) is 44.5 Å². The van der Waals surface area contributed by atoms with Crippen LogP contribution in [0.3, 0.4) is 0 Å². The largest absolute Gasteiger partial charge is 0.337 e. The van der Waals surface area contributed by atoms with Gasteiger partial charge >= 0.3 is 0 Å². The van der Waals surface area contributed by atoms with Gasteiger partial charge in [-0.25, -0.2) is 8.42 Å². The molecule has 2 unspecified atom stereocenters. The molecule has 2 fully saturated rings. The molecule has 2 aliphatic rings. The lowest BCUT2D eigenvalue weighted by molar-refractivity contribution is 0.169. The molecule has 1 aromatic carbocycles. The summed E-state index contributed by atoms with van der Waals surface area (Å²) in [7, 11) is -2.99. The van der Waals surface area contributed by atoms with Gasteiger partial charge in [0.25, 0.3) is 0 Å². The molecular weight excluding hydrogens is 422 g/mol. The Balaban J connectivity index is 1.69. The maximum absolute atomic E-state index is 12.2. The van der Waals surface area contributed by atoms with Crippen molar-refractivity contribution in [2.24, 2.45) is 5.92 Å². The van der Waals surface area contributed by atoms with Crippen molar-refractivity contribution in [1.82, 2.24) is 19.7 Å². The summed E-state index contributed by atoms with van der Waals surface area (Å²) < 4.78 is 26.7. The molecule has 32 heavy (non-hydrogen) atoms. The van der Waals surface area contributed by atoms with Crippen molar-refractivity contribution in [3.63, 3.8) is 0 Å². The summed E-state index contributed by atoms with van der Waals surface area (Å²) in [4.78, 5) is 4.85. The van der Waals surface area contributed by atoms with Crippen molar-refractivity contribution in [2.45, 2.75) is 65.1 Å². The highest BCUT2D eigenvalue weighted by Gasteiger charge is 2.35.